The molecule has 234 valence electrons. The van der Waals surface area contributed by atoms with E-state index >= 15 is 0 Å². The number of hydrogen-bond acceptors (Lipinski definition) is 0. The molecule has 0 saturated carbocycles. The number of benzene rings is 8. The van der Waals surface area contributed by atoms with Crippen LogP contribution in [-0.2, 0) is 0 Å². The predicted molar refractivity (Wildman–Crippen MR) is 211 cm³/mol. The lowest BCUT2D eigenvalue weighted by molar-refractivity contribution is 1.18. The zero-order chi connectivity index (χ0) is 33.0. The van der Waals surface area contributed by atoms with E-state index < -0.39 is 0 Å². The third kappa shape index (κ3) is 4.36. The molecular weight excluding hydrogens is 605 g/mol. The minimum absolute atomic E-state index is 1.17. The van der Waals surface area contributed by atoms with Crippen molar-refractivity contribution in [1.29, 1.82) is 0 Å². The van der Waals surface area contributed by atoms with Crippen molar-refractivity contribution in [2.45, 2.75) is 0 Å². The van der Waals surface area contributed by atoms with Crippen LogP contribution in [0.4, 0.5) is 0 Å². The Hall–Kier alpha value is -6.64. The molecule has 0 amide bonds. The Kier molecular flexibility index (Phi) is 6.53. The lowest BCUT2D eigenvalue weighted by Gasteiger charge is -2.19. The van der Waals surface area contributed by atoms with Gasteiger partial charge >= 0.3 is 0 Å². The Bertz CT molecular complexity index is 2740. The first-order chi connectivity index (χ1) is 24.8. The Morgan fingerprint density at radius 2 is 0.700 bits per heavy atom. The fraction of sp³-hybridized carbons (Fsp3) is 0. The molecule has 0 aliphatic rings. The molecule has 0 spiro atoms. The highest BCUT2D eigenvalue weighted by molar-refractivity contribution is 6.12. The molecule has 0 atom stereocenters. The standard InChI is InChI=1S/C48H32N2/c1-3-16-33(17-4-1)37-24-15-25-38(34-18-5-2-6-19-34)48(37)50-46-29-14-10-23-41(46)42-31-30-35(32-47(42)50)36-20-7-11-26-43(36)49-44-27-12-8-21-39(44)40-22-9-13-28-45(40)49/h1-32H. The molecule has 10 aromatic rings. The van der Waals surface area contributed by atoms with Gasteiger partial charge in [-0.05, 0) is 47.0 Å². The second kappa shape index (κ2) is 11.5. The Labute approximate surface area is 290 Å². The van der Waals surface area contributed by atoms with E-state index in [1.807, 2.05) is 0 Å². The van der Waals surface area contributed by atoms with E-state index in [0.717, 1.165) is 0 Å². The highest BCUT2D eigenvalue weighted by Crippen LogP contribution is 2.43. The Balaban J connectivity index is 1.29. The maximum absolute atomic E-state index is 2.50. The SMILES string of the molecule is c1ccc(-c2cccc(-c3ccccc3)c2-n2c3ccccc3c3ccc(-c4ccccc4-n4c5ccccc5c5ccccc54)cc32)cc1. The van der Waals surface area contributed by atoms with Crippen LogP contribution >= 0.6 is 0 Å². The molecule has 0 aliphatic heterocycles. The third-order valence-corrected chi connectivity index (χ3v) is 10.1. The maximum atomic E-state index is 2.50. The van der Waals surface area contributed by atoms with E-state index in [-0.39, 0.29) is 0 Å². The van der Waals surface area contributed by atoms with Crippen molar-refractivity contribution < 1.29 is 0 Å². The molecule has 2 nitrogen and oxygen atoms in total. The summed E-state index contributed by atoms with van der Waals surface area (Å²) in [5.41, 5.74) is 14.3. The lowest BCUT2D eigenvalue weighted by atomic mass is 9.95. The predicted octanol–water partition coefficient (Wildman–Crippen LogP) is 12.9. The van der Waals surface area contributed by atoms with Crippen molar-refractivity contribution in [3.05, 3.63) is 194 Å². The number of para-hydroxylation sites is 5. The minimum atomic E-state index is 1.17. The number of aromatic nitrogens is 2. The van der Waals surface area contributed by atoms with Gasteiger partial charge in [0.25, 0.3) is 0 Å². The Morgan fingerprint density at radius 1 is 0.260 bits per heavy atom. The van der Waals surface area contributed by atoms with Crippen molar-refractivity contribution in [1.82, 2.24) is 9.13 Å². The second-order valence-corrected chi connectivity index (χ2v) is 12.9. The smallest absolute Gasteiger partial charge is 0.0618 e. The van der Waals surface area contributed by atoms with Crippen LogP contribution in [0.1, 0.15) is 0 Å². The summed E-state index contributed by atoms with van der Waals surface area (Å²) in [6.07, 6.45) is 0. The fourth-order valence-electron chi connectivity index (χ4n) is 7.96. The summed E-state index contributed by atoms with van der Waals surface area (Å²) >= 11 is 0. The lowest BCUT2D eigenvalue weighted by Crippen LogP contribution is -2.01. The zero-order valence-electron chi connectivity index (χ0n) is 27.4. The largest absolute Gasteiger partial charge is 0.309 e. The van der Waals surface area contributed by atoms with Crippen LogP contribution in [0, 0.1) is 0 Å². The maximum Gasteiger partial charge on any atom is 0.0618 e. The molecule has 50 heavy (non-hydrogen) atoms. The molecule has 2 heteroatoms. The van der Waals surface area contributed by atoms with Gasteiger partial charge < -0.3 is 9.13 Å². The number of hydrogen-bond donors (Lipinski definition) is 0. The third-order valence-electron chi connectivity index (χ3n) is 10.1. The summed E-state index contributed by atoms with van der Waals surface area (Å²) in [4.78, 5) is 0. The van der Waals surface area contributed by atoms with Gasteiger partial charge in [-0.25, -0.2) is 0 Å². The van der Waals surface area contributed by atoms with Gasteiger partial charge in [0.2, 0.25) is 0 Å². The summed E-state index contributed by atoms with van der Waals surface area (Å²) in [5.74, 6) is 0. The summed E-state index contributed by atoms with van der Waals surface area (Å²) in [6.45, 7) is 0. The fourth-order valence-corrected chi connectivity index (χ4v) is 7.96. The highest BCUT2D eigenvalue weighted by Gasteiger charge is 2.21. The van der Waals surface area contributed by atoms with E-state index in [4.69, 9.17) is 0 Å². The van der Waals surface area contributed by atoms with Crippen LogP contribution in [0.25, 0.3) is 88.4 Å². The molecule has 2 aromatic heterocycles. The second-order valence-electron chi connectivity index (χ2n) is 12.9. The van der Waals surface area contributed by atoms with Gasteiger partial charge in [0, 0.05) is 38.2 Å². The van der Waals surface area contributed by atoms with Crippen LogP contribution in [-0.4, -0.2) is 9.13 Å². The molecule has 0 bridgehead atoms. The summed E-state index contributed by atoms with van der Waals surface area (Å²) in [5, 5.41) is 5.01. The van der Waals surface area contributed by atoms with Gasteiger partial charge in [-0.1, -0.05) is 164 Å². The Morgan fingerprint density at radius 3 is 1.28 bits per heavy atom. The van der Waals surface area contributed by atoms with Gasteiger partial charge in [-0.2, -0.15) is 0 Å². The number of rotatable bonds is 5. The molecule has 0 fully saturated rings. The summed E-state index contributed by atoms with van der Waals surface area (Å²) in [6, 6.07) is 70.4. The molecule has 0 unspecified atom stereocenters. The van der Waals surface area contributed by atoms with Crippen molar-refractivity contribution in [3.63, 3.8) is 0 Å². The molecule has 0 aliphatic carbocycles. The first-order valence-corrected chi connectivity index (χ1v) is 17.2. The van der Waals surface area contributed by atoms with Crippen molar-refractivity contribution in [2.75, 3.05) is 0 Å². The average Bonchev–Trinajstić information content (AvgIpc) is 3.71. The summed E-state index contributed by atoms with van der Waals surface area (Å²) in [7, 11) is 0. The van der Waals surface area contributed by atoms with Crippen molar-refractivity contribution in [2.24, 2.45) is 0 Å². The molecular formula is C48H32N2. The van der Waals surface area contributed by atoms with E-state index in [1.165, 1.54) is 88.4 Å². The quantitative estimate of drug-likeness (QED) is 0.178. The van der Waals surface area contributed by atoms with Crippen LogP contribution < -0.4 is 0 Å². The first-order valence-electron chi connectivity index (χ1n) is 17.2. The van der Waals surface area contributed by atoms with Crippen LogP contribution in [0.5, 0.6) is 0 Å². The number of fused-ring (bicyclic) bond motifs is 6. The first kappa shape index (κ1) is 28.4. The topological polar surface area (TPSA) is 9.86 Å². The van der Waals surface area contributed by atoms with Crippen LogP contribution in [0.15, 0.2) is 194 Å². The van der Waals surface area contributed by atoms with Crippen molar-refractivity contribution in [3.8, 4) is 44.8 Å². The van der Waals surface area contributed by atoms with Gasteiger partial charge in [0.1, 0.15) is 0 Å². The van der Waals surface area contributed by atoms with Gasteiger partial charge in [-0.3, -0.25) is 0 Å². The van der Waals surface area contributed by atoms with Crippen LogP contribution in [0.2, 0.25) is 0 Å². The van der Waals surface area contributed by atoms with E-state index in [9.17, 15) is 0 Å². The van der Waals surface area contributed by atoms with Crippen molar-refractivity contribution >= 4 is 43.6 Å². The van der Waals surface area contributed by atoms with Gasteiger partial charge in [0.15, 0.2) is 0 Å². The highest BCUT2D eigenvalue weighted by atomic mass is 15.0. The molecule has 0 radical (unpaired) electrons. The summed E-state index contributed by atoms with van der Waals surface area (Å²) < 4.78 is 4.93. The molecule has 10 rings (SSSR count). The van der Waals surface area contributed by atoms with Gasteiger partial charge in [-0.15, -0.1) is 0 Å². The minimum Gasteiger partial charge on any atom is -0.309 e. The van der Waals surface area contributed by atoms with E-state index in [0.29, 0.717) is 0 Å². The molecule has 8 aromatic carbocycles. The van der Waals surface area contributed by atoms with Crippen LogP contribution in [0.3, 0.4) is 0 Å². The molecule has 0 saturated heterocycles. The number of nitrogens with zero attached hydrogens (tertiary/aromatic N) is 2. The monoisotopic (exact) mass is 636 g/mol. The van der Waals surface area contributed by atoms with E-state index in [2.05, 4.69) is 203 Å². The zero-order valence-corrected chi connectivity index (χ0v) is 27.4. The molecule has 2 heterocycles. The normalized spacial score (nSPS) is 11.6. The van der Waals surface area contributed by atoms with Gasteiger partial charge in [0.05, 0.1) is 33.4 Å². The average molecular weight is 637 g/mol. The molecule has 0 N–H and O–H groups in total. The van der Waals surface area contributed by atoms with E-state index in [1.54, 1.807) is 0 Å².